The molecule has 0 bridgehead atoms. The maximum Gasteiger partial charge on any atom is 0.306 e. The standard InChI is InChI=1S/C17H21FO4/c1-22-16(21)11-17(8-3-6-15(19)20)9-7-13-12(10-17)4-2-5-14(13)18/h2,4-5H,3,6-11H2,1H3,(H,19,20)/t17-/m0/s1. The van der Waals surface area contributed by atoms with Crippen molar-refractivity contribution in [1.82, 2.24) is 0 Å². The van der Waals surface area contributed by atoms with Crippen molar-refractivity contribution in [2.24, 2.45) is 5.41 Å². The molecule has 1 aliphatic carbocycles. The fraction of sp³-hybridized carbons (Fsp3) is 0.529. The van der Waals surface area contributed by atoms with Crippen LogP contribution in [0.2, 0.25) is 0 Å². The first-order valence-electron chi connectivity index (χ1n) is 7.51. The zero-order valence-corrected chi connectivity index (χ0v) is 12.7. The molecule has 1 N–H and O–H groups in total. The van der Waals surface area contributed by atoms with E-state index in [4.69, 9.17) is 9.84 Å². The second kappa shape index (κ2) is 6.90. The molecule has 1 atom stereocenters. The van der Waals surface area contributed by atoms with E-state index in [1.165, 1.54) is 13.2 Å². The van der Waals surface area contributed by atoms with Crippen LogP contribution in [0.3, 0.4) is 0 Å². The number of carboxylic acid groups (broad SMARTS) is 1. The molecule has 0 heterocycles. The van der Waals surface area contributed by atoms with Crippen molar-refractivity contribution in [3.8, 4) is 0 Å². The zero-order chi connectivity index (χ0) is 16.2. The minimum atomic E-state index is -0.838. The summed E-state index contributed by atoms with van der Waals surface area (Å²) in [6.07, 6.45) is 3.32. The van der Waals surface area contributed by atoms with Crippen LogP contribution in [0.25, 0.3) is 0 Å². The van der Waals surface area contributed by atoms with E-state index in [1.54, 1.807) is 6.07 Å². The lowest BCUT2D eigenvalue weighted by Gasteiger charge is -2.37. The van der Waals surface area contributed by atoms with E-state index in [0.717, 1.165) is 11.1 Å². The van der Waals surface area contributed by atoms with Gasteiger partial charge in [0.1, 0.15) is 5.82 Å². The molecule has 4 nitrogen and oxygen atoms in total. The lowest BCUT2D eigenvalue weighted by molar-refractivity contribution is -0.143. The highest BCUT2D eigenvalue weighted by Crippen LogP contribution is 2.43. The lowest BCUT2D eigenvalue weighted by atomic mass is 9.67. The molecule has 0 aromatic heterocycles. The third-order valence-electron chi connectivity index (χ3n) is 4.53. The zero-order valence-electron chi connectivity index (χ0n) is 12.7. The first kappa shape index (κ1) is 16.5. The minimum absolute atomic E-state index is 0.0823. The van der Waals surface area contributed by atoms with Gasteiger partial charge in [0.05, 0.1) is 13.5 Å². The van der Waals surface area contributed by atoms with Crippen LogP contribution < -0.4 is 0 Å². The van der Waals surface area contributed by atoms with Crippen LogP contribution in [0, 0.1) is 11.2 Å². The number of esters is 1. The summed E-state index contributed by atoms with van der Waals surface area (Å²) >= 11 is 0. The lowest BCUT2D eigenvalue weighted by Crippen LogP contribution is -2.32. The Morgan fingerprint density at radius 1 is 1.41 bits per heavy atom. The van der Waals surface area contributed by atoms with E-state index in [1.807, 2.05) is 6.07 Å². The Kier molecular flexibility index (Phi) is 5.16. The van der Waals surface area contributed by atoms with Crippen molar-refractivity contribution < 1.29 is 23.8 Å². The quantitative estimate of drug-likeness (QED) is 0.820. The van der Waals surface area contributed by atoms with Gasteiger partial charge in [0.25, 0.3) is 0 Å². The molecule has 2 rings (SSSR count). The summed E-state index contributed by atoms with van der Waals surface area (Å²) < 4.78 is 18.6. The van der Waals surface area contributed by atoms with E-state index < -0.39 is 5.97 Å². The molecular formula is C17H21FO4. The molecule has 0 fully saturated rings. The van der Waals surface area contributed by atoms with Gasteiger partial charge in [-0.25, -0.2) is 4.39 Å². The number of fused-ring (bicyclic) bond motifs is 1. The molecule has 22 heavy (non-hydrogen) atoms. The second-order valence-corrected chi connectivity index (χ2v) is 6.05. The van der Waals surface area contributed by atoms with Gasteiger partial charge in [0.2, 0.25) is 0 Å². The largest absolute Gasteiger partial charge is 0.481 e. The van der Waals surface area contributed by atoms with Gasteiger partial charge < -0.3 is 9.84 Å². The number of methoxy groups -OCH3 is 1. The number of carbonyl (C=O) groups is 2. The third-order valence-corrected chi connectivity index (χ3v) is 4.53. The van der Waals surface area contributed by atoms with Crippen LogP contribution in [0.15, 0.2) is 18.2 Å². The molecule has 0 spiro atoms. The van der Waals surface area contributed by atoms with Gasteiger partial charge in [-0.05, 0) is 54.7 Å². The van der Waals surface area contributed by atoms with Gasteiger partial charge in [-0.15, -0.1) is 0 Å². The Labute approximate surface area is 129 Å². The van der Waals surface area contributed by atoms with Gasteiger partial charge in [-0.2, -0.15) is 0 Å². The van der Waals surface area contributed by atoms with Crippen molar-refractivity contribution in [2.45, 2.75) is 44.9 Å². The summed E-state index contributed by atoms with van der Waals surface area (Å²) in [4.78, 5) is 22.5. The van der Waals surface area contributed by atoms with Gasteiger partial charge >= 0.3 is 11.9 Å². The number of rotatable bonds is 6. The van der Waals surface area contributed by atoms with Crippen molar-refractivity contribution in [1.29, 1.82) is 0 Å². The van der Waals surface area contributed by atoms with Gasteiger partial charge in [0, 0.05) is 6.42 Å². The molecule has 0 unspecified atom stereocenters. The van der Waals surface area contributed by atoms with Crippen LogP contribution in [0.5, 0.6) is 0 Å². The summed E-state index contributed by atoms with van der Waals surface area (Å²) in [5.74, 6) is -1.33. The first-order valence-corrected chi connectivity index (χ1v) is 7.51. The number of hydrogen-bond donors (Lipinski definition) is 1. The number of ether oxygens (including phenoxy) is 1. The average Bonchev–Trinajstić information content (AvgIpc) is 2.46. The number of aliphatic carboxylic acids is 1. The van der Waals surface area contributed by atoms with E-state index in [-0.39, 0.29) is 30.0 Å². The van der Waals surface area contributed by atoms with E-state index >= 15 is 0 Å². The number of carboxylic acids is 1. The van der Waals surface area contributed by atoms with Gasteiger partial charge in [-0.1, -0.05) is 12.1 Å². The summed E-state index contributed by atoms with van der Waals surface area (Å²) in [7, 11) is 1.35. The van der Waals surface area contributed by atoms with E-state index in [9.17, 15) is 14.0 Å². The molecule has 1 aromatic carbocycles. The summed E-state index contributed by atoms with van der Waals surface area (Å²) in [6, 6.07) is 5.02. The molecular weight excluding hydrogens is 287 g/mol. The Morgan fingerprint density at radius 2 is 2.18 bits per heavy atom. The van der Waals surface area contributed by atoms with Crippen LogP contribution in [0.1, 0.15) is 43.2 Å². The summed E-state index contributed by atoms with van der Waals surface area (Å²) in [5.41, 5.74) is 1.32. The van der Waals surface area contributed by atoms with Crippen LogP contribution in [-0.2, 0) is 27.2 Å². The Morgan fingerprint density at radius 3 is 2.86 bits per heavy atom. The topological polar surface area (TPSA) is 63.6 Å². The summed E-state index contributed by atoms with van der Waals surface area (Å²) in [5, 5.41) is 8.81. The van der Waals surface area contributed by atoms with Crippen LogP contribution >= 0.6 is 0 Å². The van der Waals surface area contributed by atoms with Crippen LogP contribution in [0.4, 0.5) is 4.39 Å². The molecule has 0 amide bonds. The molecule has 0 saturated carbocycles. The normalized spacial score (nSPS) is 20.3. The monoisotopic (exact) mass is 308 g/mol. The molecule has 1 aromatic rings. The predicted octanol–water partition coefficient (Wildman–Crippen LogP) is 3.12. The van der Waals surface area contributed by atoms with Gasteiger partial charge in [-0.3, -0.25) is 9.59 Å². The number of hydrogen-bond acceptors (Lipinski definition) is 3. The Hall–Kier alpha value is -1.91. The van der Waals surface area contributed by atoms with E-state index in [0.29, 0.717) is 32.1 Å². The highest BCUT2D eigenvalue weighted by molar-refractivity contribution is 5.70. The molecule has 0 aliphatic heterocycles. The SMILES string of the molecule is COC(=O)C[C@@]1(CCCC(=O)O)CCc2c(F)cccc2C1. The average molecular weight is 308 g/mol. The third kappa shape index (κ3) is 3.84. The van der Waals surface area contributed by atoms with Crippen molar-refractivity contribution >= 4 is 11.9 Å². The second-order valence-electron chi connectivity index (χ2n) is 6.05. The number of carbonyl (C=O) groups excluding carboxylic acids is 1. The molecule has 0 radical (unpaired) electrons. The predicted molar refractivity (Wildman–Crippen MR) is 79.0 cm³/mol. The minimum Gasteiger partial charge on any atom is -0.481 e. The molecule has 1 aliphatic rings. The van der Waals surface area contributed by atoms with Crippen molar-refractivity contribution in [3.63, 3.8) is 0 Å². The number of benzene rings is 1. The van der Waals surface area contributed by atoms with Crippen LogP contribution in [-0.4, -0.2) is 24.2 Å². The fourth-order valence-corrected chi connectivity index (χ4v) is 3.38. The van der Waals surface area contributed by atoms with Crippen molar-refractivity contribution in [3.05, 3.63) is 35.1 Å². The molecule has 5 heteroatoms. The molecule has 0 saturated heterocycles. The smallest absolute Gasteiger partial charge is 0.306 e. The first-order chi connectivity index (χ1) is 10.5. The van der Waals surface area contributed by atoms with E-state index in [2.05, 4.69) is 0 Å². The maximum atomic E-state index is 13.8. The summed E-state index contributed by atoms with van der Waals surface area (Å²) in [6.45, 7) is 0. The Bertz CT molecular complexity index is 570. The van der Waals surface area contributed by atoms with Crippen molar-refractivity contribution in [2.75, 3.05) is 7.11 Å². The van der Waals surface area contributed by atoms with Gasteiger partial charge in [0.15, 0.2) is 0 Å². The highest BCUT2D eigenvalue weighted by atomic mass is 19.1. The fourth-order valence-electron chi connectivity index (χ4n) is 3.38. The Balaban J connectivity index is 2.19. The number of halogens is 1. The molecule has 120 valence electrons. The maximum absolute atomic E-state index is 13.8. The highest BCUT2D eigenvalue weighted by Gasteiger charge is 2.37.